The second-order valence-corrected chi connectivity index (χ2v) is 6.92. The van der Waals surface area contributed by atoms with Crippen molar-refractivity contribution < 1.29 is 19.0 Å². The number of amides is 1. The van der Waals surface area contributed by atoms with Crippen LogP contribution in [0.2, 0.25) is 0 Å². The molecule has 1 heterocycles. The molecule has 2 aromatic rings. The van der Waals surface area contributed by atoms with Gasteiger partial charge in [0.25, 0.3) is 5.91 Å². The summed E-state index contributed by atoms with van der Waals surface area (Å²) in [6.07, 6.45) is 2.49. The molecule has 1 amide bonds. The monoisotopic (exact) mass is 384 g/mol. The van der Waals surface area contributed by atoms with Gasteiger partial charge in [0, 0.05) is 30.9 Å². The van der Waals surface area contributed by atoms with Crippen LogP contribution in [0.3, 0.4) is 0 Å². The summed E-state index contributed by atoms with van der Waals surface area (Å²) >= 11 is 0. The number of aryl methyl sites for hydroxylation is 1. The van der Waals surface area contributed by atoms with Crippen LogP contribution < -0.4 is 20.1 Å². The number of ether oxygens (including phenoxy) is 3. The number of anilines is 1. The standard InChI is InChI=1S/C22H28N2O4/c1-16-8-10-18(11-9-16)24-21(25)15-28-22-17(5-3-7-20(22)26-2)13-23-14-19-6-4-12-27-19/h3,5,7-11,19,23H,4,6,12-15H2,1-2H3,(H,24,25). The highest BCUT2D eigenvalue weighted by molar-refractivity contribution is 5.91. The third kappa shape index (κ3) is 5.71. The Morgan fingerprint density at radius 1 is 1.21 bits per heavy atom. The van der Waals surface area contributed by atoms with Gasteiger partial charge in [0.15, 0.2) is 18.1 Å². The number of hydrogen-bond donors (Lipinski definition) is 2. The van der Waals surface area contributed by atoms with Crippen molar-refractivity contribution >= 4 is 11.6 Å². The maximum atomic E-state index is 12.3. The third-order valence-corrected chi connectivity index (χ3v) is 4.67. The lowest BCUT2D eigenvalue weighted by Gasteiger charge is -2.16. The van der Waals surface area contributed by atoms with Crippen LogP contribution in [0.15, 0.2) is 42.5 Å². The average molecular weight is 384 g/mol. The number of hydrogen-bond acceptors (Lipinski definition) is 5. The van der Waals surface area contributed by atoms with Gasteiger partial charge in [-0.2, -0.15) is 0 Å². The van der Waals surface area contributed by atoms with E-state index in [0.717, 1.165) is 42.8 Å². The number of benzene rings is 2. The maximum Gasteiger partial charge on any atom is 0.262 e. The van der Waals surface area contributed by atoms with Gasteiger partial charge in [-0.3, -0.25) is 4.79 Å². The van der Waals surface area contributed by atoms with E-state index in [1.54, 1.807) is 7.11 Å². The Balaban J connectivity index is 1.57. The van der Waals surface area contributed by atoms with Crippen LogP contribution >= 0.6 is 0 Å². The Bertz CT molecular complexity index is 771. The van der Waals surface area contributed by atoms with Crippen molar-refractivity contribution in [2.45, 2.75) is 32.4 Å². The van der Waals surface area contributed by atoms with Crippen molar-refractivity contribution in [3.8, 4) is 11.5 Å². The molecule has 0 aliphatic carbocycles. The minimum atomic E-state index is -0.215. The van der Waals surface area contributed by atoms with Crippen LogP contribution in [0.25, 0.3) is 0 Å². The molecule has 1 fully saturated rings. The lowest BCUT2D eigenvalue weighted by molar-refractivity contribution is -0.118. The van der Waals surface area contributed by atoms with Gasteiger partial charge in [-0.15, -0.1) is 0 Å². The zero-order chi connectivity index (χ0) is 19.8. The van der Waals surface area contributed by atoms with Gasteiger partial charge in [-0.25, -0.2) is 0 Å². The Hall–Kier alpha value is -2.57. The summed E-state index contributed by atoms with van der Waals surface area (Å²) in [5, 5.41) is 6.25. The molecule has 0 bridgehead atoms. The molecule has 1 atom stereocenters. The summed E-state index contributed by atoms with van der Waals surface area (Å²) in [5.41, 5.74) is 2.83. The molecule has 3 rings (SSSR count). The van der Waals surface area contributed by atoms with E-state index in [2.05, 4.69) is 10.6 Å². The molecule has 6 heteroatoms. The van der Waals surface area contributed by atoms with Gasteiger partial charge < -0.3 is 24.8 Å². The SMILES string of the molecule is COc1cccc(CNCC2CCCO2)c1OCC(=O)Nc1ccc(C)cc1. The topological polar surface area (TPSA) is 68.8 Å². The predicted octanol–water partition coefficient (Wildman–Crippen LogP) is 3.29. The molecular formula is C22H28N2O4. The molecule has 0 spiro atoms. The molecule has 1 unspecified atom stereocenters. The fraction of sp³-hybridized carbons (Fsp3) is 0.409. The summed E-state index contributed by atoms with van der Waals surface area (Å²) in [4.78, 5) is 12.3. The van der Waals surface area contributed by atoms with Crippen molar-refractivity contribution in [2.75, 3.05) is 32.2 Å². The number of rotatable bonds is 9. The molecule has 2 N–H and O–H groups in total. The van der Waals surface area contributed by atoms with E-state index in [1.807, 2.05) is 49.4 Å². The quantitative estimate of drug-likeness (QED) is 0.694. The summed E-state index contributed by atoms with van der Waals surface area (Å²) in [6.45, 7) is 4.17. The minimum Gasteiger partial charge on any atom is -0.493 e. The van der Waals surface area contributed by atoms with E-state index in [1.165, 1.54) is 0 Å². The molecule has 0 aromatic heterocycles. The summed E-state index contributed by atoms with van der Waals surface area (Å²) in [5.74, 6) is 0.983. The molecule has 150 valence electrons. The summed E-state index contributed by atoms with van der Waals surface area (Å²) in [6, 6.07) is 13.4. The van der Waals surface area contributed by atoms with Crippen molar-refractivity contribution in [3.63, 3.8) is 0 Å². The van der Waals surface area contributed by atoms with Crippen LogP contribution in [0.4, 0.5) is 5.69 Å². The number of carbonyl (C=O) groups excluding carboxylic acids is 1. The Morgan fingerprint density at radius 3 is 2.75 bits per heavy atom. The number of methoxy groups -OCH3 is 1. The van der Waals surface area contributed by atoms with Crippen LogP contribution in [-0.4, -0.2) is 38.9 Å². The van der Waals surface area contributed by atoms with E-state index in [9.17, 15) is 4.79 Å². The highest BCUT2D eigenvalue weighted by Gasteiger charge is 2.16. The molecule has 1 aliphatic heterocycles. The molecule has 0 saturated carbocycles. The first-order valence-corrected chi connectivity index (χ1v) is 9.63. The van der Waals surface area contributed by atoms with Gasteiger partial charge in [0.05, 0.1) is 13.2 Å². The molecular weight excluding hydrogens is 356 g/mol. The Kier molecular flexibility index (Phi) is 7.28. The Morgan fingerprint density at radius 2 is 2.04 bits per heavy atom. The van der Waals surface area contributed by atoms with Gasteiger partial charge in [0.2, 0.25) is 0 Å². The van der Waals surface area contributed by atoms with Crippen molar-refractivity contribution in [1.29, 1.82) is 0 Å². The lowest BCUT2D eigenvalue weighted by atomic mass is 10.1. The van der Waals surface area contributed by atoms with Crippen molar-refractivity contribution in [3.05, 3.63) is 53.6 Å². The lowest BCUT2D eigenvalue weighted by Crippen LogP contribution is -2.26. The fourth-order valence-electron chi connectivity index (χ4n) is 3.17. The largest absolute Gasteiger partial charge is 0.493 e. The van der Waals surface area contributed by atoms with Crippen molar-refractivity contribution in [2.24, 2.45) is 0 Å². The van der Waals surface area contributed by atoms with Gasteiger partial charge in [-0.1, -0.05) is 29.8 Å². The van der Waals surface area contributed by atoms with E-state index in [0.29, 0.717) is 18.0 Å². The van der Waals surface area contributed by atoms with Crippen LogP contribution in [0.5, 0.6) is 11.5 Å². The molecule has 2 aromatic carbocycles. The summed E-state index contributed by atoms with van der Waals surface area (Å²) in [7, 11) is 1.60. The average Bonchev–Trinajstić information content (AvgIpc) is 3.22. The van der Waals surface area contributed by atoms with Crippen LogP contribution in [0, 0.1) is 6.92 Å². The highest BCUT2D eigenvalue weighted by atomic mass is 16.5. The Labute approximate surface area is 166 Å². The minimum absolute atomic E-state index is 0.0903. The first-order valence-electron chi connectivity index (χ1n) is 9.63. The van der Waals surface area contributed by atoms with Crippen molar-refractivity contribution in [1.82, 2.24) is 5.32 Å². The second kappa shape index (κ2) is 10.1. The second-order valence-electron chi connectivity index (χ2n) is 6.92. The third-order valence-electron chi connectivity index (χ3n) is 4.67. The van der Waals surface area contributed by atoms with E-state index in [-0.39, 0.29) is 18.6 Å². The molecule has 28 heavy (non-hydrogen) atoms. The molecule has 1 saturated heterocycles. The molecule has 0 radical (unpaired) electrons. The fourth-order valence-corrected chi connectivity index (χ4v) is 3.17. The molecule has 6 nitrogen and oxygen atoms in total. The number of para-hydroxylation sites is 1. The smallest absolute Gasteiger partial charge is 0.262 e. The maximum absolute atomic E-state index is 12.3. The highest BCUT2D eigenvalue weighted by Crippen LogP contribution is 2.31. The zero-order valence-corrected chi connectivity index (χ0v) is 16.5. The summed E-state index contributed by atoms with van der Waals surface area (Å²) < 4.78 is 16.9. The van der Waals surface area contributed by atoms with E-state index in [4.69, 9.17) is 14.2 Å². The van der Waals surface area contributed by atoms with Crippen LogP contribution in [0.1, 0.15) is 24.0 Å². The molecule has 1 aliphatic rings. The van der Waals surface area contributed by atoms with Gasteiger partial charge in [0.1, 0.15) is 0 Å². The van der Waals surface area contributed by atoms with Crippen LogP contribution in [-0.2, 0) is 16.1 Å². The normalized spacial score (nSPS) is 16.0. The van der Waals surface area contributed by atoms with Gasteiger partial charge in [-0.05, 0) is 38.0 Å². The number of carbonyl (C=O) groups is 1. The number of nitrogens with one attached hydrogen (secondary N) is 2. The van der Waals surface area contributed by atoms with Gasteiger partial charge >= 0.3 is 0 Å². The predicted molar refractivity (Wildman–Crippen MR) is 109 cm³/mol. The van der Waals surface area contributed by atoms with E-state index < -0.39 is 0 Å². The zero-order valence-electron chi connectivity index (χ0n) is 16.5. The first-order chi connectivity index (χ1) is 13.7. The first kappa shape index (κ1) is 20.2. The van der Waals surface area contributed by atoms with E-state index >= 15 is 0 Å².